The molecule has 0 radical (unpaired) electrons. The van der Waals surface area contributed by atoms with Gasteiger partial charge < -0.3 is 5.11 Å². The summed E-state index contributed by atoms with van der Waals surface area (Å²) in [4.78, 5) is 0. The van der Waals surface area contributed by atoms with Gasteiger partial charge in [0.1, 0.15) is 0 Å². The van der Waals surface area contributed by atoms with E-state index in [4.69, 9.17) is 0 Å². The van der Waals surface area contributed by atoms with E-state index in [0.717, 1.165) is 12.8 Å². The van der Waals surface area contributed by atoms with E-state index < -0.39 is 5.92 Å². The first-order chi connectivity index (χ1) is 6.08. The van der Waals surface area contributed by atoms with E-state index in [2.05, 4.69) is 0 Å². The Hall–Kier alpha value is -0.180. The highest BCUT2D eigenvalue weighted by Crippen LogP contribution is 2.43. The summed E-state index contributed by atoms with van der Waals surface area (Å²) in [5.41, 5.74) is 0. The Bertz CT molecular complexity index is 179. The van der Waals surface area contributed by atoms with E-state index in [1.807, 2.05) is 0 Å². The monoisotopic (exact) mass is 190 g/mol. The predicted molar refractivity (Wildman–Crippen MR) is 45.6 cm³/mol. The van der Waals surface area contributed by atoms with Crippen LogP contribution in [0.15, 0.2) is 0 Å². The molecule has 76 valence electrons. The molecule has 0 aromatic heterocycles. The minimum absolute atomic E-state index is 0.0263. The Labute approximate surface area is 77.1 Å². The van der Waals surface area contributed by atoms with Crippen molar-refractivity contribution in [2.75, 3.05) is 0 Å². The molecule has 0 saturated heterocycles. The van der Waals surface area contributed by atoms with Crippen LogP contribution in [-0.2, 0) is 0 Å². The fraction of sp³-hybridized carbons (Fsp3) is 1.00. The minimum Gasteiger partial charge on any atom is -0.393 e. The third-order valence-corrected chi connectivity index (χ3v) is 3.35. The lowest BCUT2D eigenvalue weighted by Gasteiger charge is -2.31. The molecule has 3 heteroatoms. The third kappa shape index (κ3) is 2.19. The number of hydrogen-bond donors (Lipinski definition) is 1. The summed E-state index contributed by atoms with van der Waals surface area (Å²) in [6.07, 6.45) is 2.84. The van der Waals surface area contributed by atoms with Crippen LogP contribution in [-0.4, -0.2) is 17.1 Å². The average Bonchev–Trinajstić information content (AvgIpc) is 2.85. The maximum absolute atomic E-state index is 12.8. The van der Waals surface area contributed by atoms with Gasteiger partial charge in [0.25, 0.3) is 0 Å². The van der Waals surface area contributed by atoms with Crippen LogP contribution >= 0.6 is 0 Å². The lowest BCUT2D eigenvalue weighted by molar-refractivity contribution is -0.0648. The van der Waals surface area contributed by atoms with E-state index in [1.54, 1.807) is 0 Å². The smallest absolute Gasteiger partial charge is 0.248 e. The molecule has 1 unspecified atom stereocenters. The Morgan fingerprint density at radius 3 is 1.92 bits per heavy atom. The number of alkyl halides is 2. The normalized spacial score (nSPS) is 31.6. The van der Waals surface area contributed by atoms with Crippen molar-refractivity contribution in [1.82, 2.24) is 0 Å². The van der Waals surface area contributed by atoms with Gasteiger partial charge in [-0.3, -0.25) is 0 Å². The van der Waals surface area contributed by atoms with Gasteiger partial charge in [0.15, 0.2) is 0 Å². The zero-order chi connectivity index (χ0) is 9.47. The zero-order valence-electron chi connectivity index (χ0n) is 7.68. The molecule has 2 aliphatic rings. The highest BCUT2D eigenvalue weighted by atomic mass is 19.3. The fourth-order valence-corrected chi connectivity index (χ4v) is 2.23. The van der Waals surface area contributed by atoms with E-state index >= 15 is 0 Å². The second kappa shape index (κ2) is 3.19. The van der Waals surface area contributed by atoms with Crippen molar-refractivity contribution >= 4 is 0 Å². The summed E-state index contributed by atoms with van der Waals surface area (Å²) in [6, 6.07) is 0. The first-order valence-electron chi connectivity index (χ1n) is 5.14. The van der Waals surface area contributed by atoms with Crippen molar-refractivity contribution in [2.45, 2.75) is 50.6 Å². The van der Waals surface area contributed by atoms with Gasteiger partial charge in [-0.25, -0.2) is 8.78 Å². The minimum atomic E-state index is -2.46. The number of halogens is 2. The van der Waals surface area contributed by atoms with E-state index in [-0.39, 0.29) is 24.9 Å². The maximum Gasteiger partial charge on any atom is 0.248 e. The number of hydrogen-bond acceptors (Lipinski definition) is 1. The van der Waals surface area contributed by atoms with Crippen molar-refractivity contribution in [1.29, 1.82) is 0 Å². The van der Waals surface area contributed by atoms with Crippen LogP contribution in [0.2, 0.25) is 0 Å². The molecule has 0 aromatic carbocycles. The molecule has 1 nitrogen and oxygen atoms in total. The molecule has 0 amide bonds. The molecule has 2 fully saturated rings. The molecular weight excluding hydrogens is 174 g/mol. The predicted octanol–water partition coefficient (Wildman–Crippen LogP) is 2.58. The van der Waals surface area contributed by atoms with Crippen LogP contribution in [0.3, 0.4) is 0 Å². The van der Waals surface area contributed by atoms with Gasteiger partial charge in [0, 0.05) is 12.8 Å². The lowest BCUT2D eigenvalue weighted by Crippen LogP contribution is -2.32. The summed E-state index contributed by atoms with van der Waals surface area (Å²) in [7, 11) is 0. The molecule has 0 bridgehead atoms. The third-order valence-electron chi connectivity index (χ3n) is 3.35. The molecule has 0 heterocycles. The summed E-state index contributed by atoms with van der Waals surface area (Å²) in [6.45, 7) is 0. The molecular formula is C10H16F2O. The van der Waals surface area contributed by atoms with Gasteiger partial charge in [0.2, 0.25) is 5.92 Å². The van der Waals surface area contributed by atoms with Crippen LogP contribution in [0, 0.1) is 11.8 Å². The highest BCUT2D eigenvalue weighted by molar-refractivity contribution is 4.89. The first kappa shape index (κ1) is 9.38. The van der Waals surface area contributed by atoms with Crippen LogP contribution in [0.4, 0.5) is 8.78 Å². The molecule has 0 spiro atoms. The Morgan fingerprint density at radius 2 is 1.46 bits per heavy atom. The molecule has 0 aliphatic heterocycles. The molecule has 2 saturated carbocycles. The standard InChI is InChI=1S/C10H16F2O/c11-10(12)5-3-8(4-6-10)9(13)7-1-2-7/h7-9,13H,1-6H2. The van der Waals surface area contributed by atoms with Crippen LogP contribution in [0.25, 0.3) is 0 Å². The van der Waals surface area contributed by atoms with E-state index in [0.29, 0.717) is 18.8 Å². The Morgan fingerprint density at radius 1 is 1.00 bits per heavy atom. The largest absolute Gasteiger partial charge is 0.393 e. The number of aliphatic hydroxyl groups is 1. The molecule has 2 aliphatic carbocycles. The number of rotatable bonds is 2. The second-order valence-corrected chi connectivity index (χ2v) is 4.52. The maximum atomic E-state index is 12.8. The average molecular weight is 190 g/mol. The summed E-state index contributed by atoms with van der Waals surface area (Å²) < 4.78 is 25.6. The molecule has 1 atom stereocenters. The lowest BCUT2D eigenvalue weighted by atomic mass is 9.82. The van der Waals surface area contributed by atoms with Gasteiger partial charge in [-0.05, 0) is 37.5 Å². The van der Waals surface area contributed by atoms with Gasteiger partial charge in [0.05, 0.1) is 6.10 Å². The van der Waals surface area contributed by atoms with Crippen LogP contribution in [0.1, 0.15) is 38.5 Å². The highest BCUT2D eigenvalue weighted by Gasteiger charge is 2.41. The second-order valence-electron chi connectivity index (χ2n) is 4.52. The topological polar surface area (TPSA) is 20.2 Å². The van der Waals surface area contributed by atoms with E-state index in [1.165, 1.54) is 0 Å². The van der Waals surface area contributed by atoms with E-state index in [9.17, 15) is 13.9 Å². The van der Waals surface area contributed by atoms with Crippen molar-refractivity contribution in [3.8, 4) is 0 Å². The van der Waals surface area contributed by atoms with Crippen molar-refractivity contribution in [3.05, 3.63) is 0 Å². The Kier molecular flexibility index (Phi) is 2.30. The van der Waals surface area contributed by atoms with Gasteiger partial charge in [-0.15, -0.1) is 0 Å². The number of aliphatic hydroxyl groups excluding tert-OH is 1. The molecule has 2 rings (SSSR count). The van der Waals surface area contributed by atoms with Crippen LogP contribution in [0.5, 0.6) is 0 Å². The zero-order valence-corrected chi connectivity index (χ0v) is 7.68. The summed E-state index contributed by atoms with van der Waals surface area (Å²) in [5, 5.41) is 9.74. The van der Waals surface area contributed by atoms with Crippen molar-refractivity contribution < 1.29 is 13.9 Å². The van der Waals surface area contributed by atoms with Gasteiger partial charge >= 0.3 is 0 Å². The Balaban J connectivity index is 1.83. The quantitative estimate of drug-likeness (QED) is 0.709. The van der Waals surface area contributed by atoms with Crippen molar-refractivity contribution in [2.24, 2.45) is 11.8 Å². The fourth-order valence-electron chi connectivity index (χ4n) is 2.23. The summed E-state index contributed by atoms with van der Waals surface area (Å²) >= 11 is 0. The summed E-state index contributed by atoms with van der Waals surface area (Å²) in [5.74, 6) is -1.89. The molecule has 1 N–H and O–H groups in total. The molecule has 13 heavy (non-hydrogen) atoms. The molecule has 0 aromatic rings. The van der Waals surface area contributed by atoms with Gasteiger partial charge in [-0.2, -0.15) is 0 Å². The first-order valence-corrected chi connectivity index (χ1v) is 5.14. The van der Waals surface area contributed by atoms with Gasteiger partial charge in [-0.1, -0.05) is 0 Å². The van der Waals surface area contributed by atoms with Crippen molar-refractivity contribution in [3.63, 3.8) is 0 Å². The van der Waals surface area contributed by atoms with Crippen LogP contribution < -0.4 is 0 Å². The SMILES string of the molecule is OC(C1CC1)C1CCC(F)(F)CC1.